The maximum atomic E-state index is 12.2. The van der Waals surface area contributed by atoms with Crippen LogP contribution in [0.1, 0.15) is 30.3 Å². The first-order valence-corrected chi connectivity index (χ1v) is 8.41. The van der Waals surface area contributed by atoms with Crippen molar-refractivity contribution in [3.05, 3.63) is 50.6 Å². The van der Waals surface area contributed by atoms with E-state index in [0.717, 1.165) is 14.9 Å². The Bertz CT molecular complexity index is 613. The summed E-state index contributed by atoms with van der Waals surface area (Å²) in [4.78, 5) is 13.3. The van der Waals surface area contributed by atoms with Gasteiger partial charge in [-0.25, -0.2) is 0 Å². The quantitative estimate of drug-likeness (QED) is 0.846. The Morgan fingerprint density at radius 2 is 2.10 bits per heavy atom. The maximum absolute atomic E-state index is 12.2. The predicted octanol–water partition coefficient (Wildman–Crippen LogP) is 4.46. The molecule has 1 aromatic heterocycles. The highest BCUT2D eigenvalue weighted by atomic mass is 79.9. The lowest BCUT2D eigenvalue weighted by atomic mass is 10.2. The van der Waals surface area contributed by atoms with E-state index in [1.165, 1.54) is 0 Å². The molecule has 2 aromatic rings. The summed E-state index contributed by atoms with van der Waals surface area (Å²) in [6.07, 6.45) is -0.550. The molecule has 0 aliphatic heterocycles. The lowest BCUT2D eigenvalue weighted by Gasteiger charge is -2.18. The first kappa shape index (κ1) is 16.0. The fourth-order valence-corrected chi connectivity index (χ4v) is 3.21. The van der Waals surface area contributed by atoms with E-state index >= 15 is 0 Å². The topological polar surface area (TPSA) is 38.3 Å². The van der Waals surface area contributed by atoms with E-state index in [1.807, 2.05) is 49.6 Å². The molecule has 0 aliphatic carbocycles. The molecule has 1 aromatic carbocycles. The molecule has 0 radical (unpaired) electrons. The minimum Gasteiger partial charge on any atom is -0.480 e. The van der Waals surface area contributed by atoms with Crippen LogP contribution >= 0.6 is 27.3 Å². The smallest absolute Gasteiger partial charge is 0.261 e. The van der Waals surface area contributed by atoms with Gasteiger partial charge in [-0.15, -0.1) is 11.3 Å². The molecule has 2 atom stereocenters. The van der Waals surface area contributed by atoms with E-state index in [4.69, 9.17) is 4.74 Å². The Kier molecular flexibility index (Phi) is 5.42. The second-order valence-corrected chi connectivity index (χ2v) is 6.77. The van der Waals surface area contributed by atoms with Crippen molar-refractivity contribution in [2.24, 2.45) is 0 Å². The highest BCUT2D eigenvalue weighted by Crippen LogP contribution is 2.27. The summed E-state index contributed by atoms with van der Waals surface area (Å²) in [7, 11) is 0. The van der Waals surface area contributed by atoms with E-state index < -0.39 is 6.10 Å². The van der Waals surface area contributed by atoms with E-state index in [9.17, 15) is 4.79 Å². The molecule has 1 amide bonds. The standard InChI is InChI=1S/C16H18BrNO2S/c1-10-6-7-14(13(17)9-10)20-12(3)16(19)18-11(2)15-5-4-8-21-15/h4-9,11-12H,1-3H3,(H,18,19)/t11-,12+/m1/s1. The minimum absolute atomic E-state index is 0.00925. The van der Waals surface area contributed by atoms with Gasteiger partial charge < -0.3 is 10.1 Å². The van der Waals surface area contributed by atoms with E-state index in [0.29, 0.717) is 5.75 Å². The highest BCUT2D eigenvalue weighted by molar-refractivity contribution is 9.10. The predicted molar refractivity (Wildman–Crippen MR) is 89.8 cm³/mol. The lowest BCUT2D eigenvalue weighted by molar-refractivity contribution is -0.127. The normalized spacial score (nSPS) is 13.5. The van der Waals surface area contributed by atoms with Crippen LogP contribution in [0, 0.1) is 6.92 Å². The molecule has 21 heavy (non-hydrogen) atoms. The Morgan fingerprint density at radius 1 is 1.33 bits per heavy atom. The zero-order valence-electron chi connectivity index (χ0n) is 12.2. The summed E-state index contributed by atoms with van der Waals surface area (Å²) in [6.45, 7) is 5.73. The summed E-state index contributed by atoms with van der Waals surface area (Å²) in [5.41, 5.74) is 1.14. The molecule has 1 N–H and O–H groups in total. The molecule has 0 unspecified atom stereocenters. The Hall–Kier alpha value is -1.33. The number of ether oxygens (including phenoxy) is 1. The van der Waals surface area contributed by atoms with E-state index in [-0.39, 0.29) is 11.9 Å². The fraction of sp³-hybridized carbons (Fsp3) is 0.312. The third-order valence-corrected chi connectivity index (χ3v) is 4.76. The molecule has 0 aliphatic rings. The Morgan fingerprint density at radius 3 is 2.71 bits per heavy atom. The zero-order valence-corrected chi connectivity index (χ0v) is 14.6. The number of thiophene rings is 1. The van der Waals surface area contributed by atoms with Gasteiger partial charge in [0.15, 0.2) is 6.10 Å². The number of benzene rings is 1. The second-order valence-electron chi connectivity index (χ2n) is 4.94. The Balaban J connectivity index is 1.96. The molecule has 0 saturated carbocycles. The van der Waals surface area contributed by atoms with Crippen LogP contribution in [0.2, 0.25) is 0 Å². The summed E-state index contributed by atoms with van der Waals surface area (Å²) in [5.74, 6) is 0.551. The molecule has 0 bridgehead atoms. The van der Waals surface area contributed by atoms with Crippen molar-refractivity contribution in [1.29, 1.82) is 0 Å². The summed E-state index contributed by atoms with van der Waals surface area (Å²) < 4.78 is 6.58. The zero-order chi connectivity index (χ0) is 15.4. The Labute approximate surface area is 137 Å². The van der Waals surface area contributed by atoms with Crippen molar-refractivity contribution < 1.29 is 9.53 Å². The number of halogens is 1. The van der Waals surface area contributed by atoms with Gasteiger partial charge >= 0.3 is 0 Å². The SMILES string of the molecule is Cc1ccc(O[C@@H](C)C(=O)N[C@H](C)c2cccs2)c(Br)c1. The maximum Gasteiger partial charge on any atom is 0.261 e. The van der Waals surface area contributed by atoms with Gasteiger partial charge in [0.1, 0.15) is 5.75 Å². The fourth-order valence-electron chi connectivity index (χ4n) is 1.88. The number of rotatable bonds is 5. The van der Waals surface area contributed by atoms with Crippen molar-refractivity contribution in [2.75, 3.05) is 0 Å². The highest BCUT2D eigenvalue weighted by Gasteiger charge is 2.19. The van der Waals surface area contributed by atoms with Crippen LogP contribution in [0.4, 0.5) is 0 Å². The van der Waals surface area contributed by atoms with Gasteiger partial charge in [-0.1, -0.05) is 12.1 Å². The monoisotopic (exact) mass is 367 g/mol. The van der Waals surface area contributed by atoms with Crippen molar-refractivity contribution in [1.82, 2.24) is 5.32 Å². The van der Waals surface area contributed by atoms with Gasteiger partial charge in [0.05, 0.1) is 10.5 Å². The van der Waals surface area contributed by atoms with Crippen LogP contribution < -0.4 is 10.1 Å². The minimum atomic E-state index is -0.550. The number of carbonyl (C=O) groups is 1. The third kappa shape index (κ3) is 4.32. The van der Waals surface area contributed by atoms with Gasteiger partial charge in [0.2, 0.25) is 0 Å². The van der Waals surface area contributed by atoms with Crippen LogP contribution in [-0.4, -0.2) is 12.0 Å². The molecule has 3 nitrogen and oxygen atoms in total. The van der Waals surface area contributed by atoms with Crippen LogP contribution in [-0.2, 0) is 4.79 Å². The largest absolute Gasteiger partial charge is 0.480 e. The number of carbonyl (C=O) groups excluding carboxylic acids is 1. The van der Waals surface area contributed by atoms with Gasteiger partial charge in [-0.3, -0.25) is 4.79 Å². The number of hydrogen-bond acceptors (Lipinski definition) is 3. The molecule has 0 spiro atoms. The van der Waals surface area contributed by atoms with E-state index in [1.54, 1.807) is 18.3 Å². The van der Waals surface area contributed by atoms with Gasteiger partial charge in [-0.05, 0) is 65.8 Å². The summed E-state index contributed by atoms with van der Waals surface area (Å²) in [5, 5.41) is 4.97. The van der Waals surface area contributed by atoms with Crippen LogP contribution in [0.25, 0.3) is 0 Å². The molecule has 1 heterocycles. The number of aryl methyl sites for hydroxylation is 1. The van der Waals surface area contributed by atoms with Crippen molar-refractivity contribution >= 4 is 33.2 Å². The first-order valence-electron chi connectivity index (χ1n) is 6.74. The van der Waals surface area contributed by atoms with Gasteiger partial charge in [0.25, 0.3) is 5.91 Å². The average Bonchev–Trinajstić information content (AvgIpc) is 2.95. The third-order valence-electron chi connectivity index (χ3n) is 3.09. The first-order chi connectivity index (χ1) is 9.97. The molecule has 112 valence electrons. The number of amides is 1. The summed E-state index contributed by atoms with van der Waals surface area (Å²) in [6, 6.07) is 9.77. The number of hydrogen-bond donors (Lipinski definition) is 1. The molecule has 0 fully saturated rings. The van der Waals surface area contributed by atoms with Crippen molar-refractivity contribution in [3.63, 3.8) is 0 Å². The van der Waals surface area contributed by atoms with Crippen molar-refractivity contribution in [3.8, 4) is 5.75 Å². The molecular formula is C16H18BrNO2S. The molecular weight excluding hydrogens is 350 g/mol. The summed E-state index contributed by atoms with van der Waals surface area (Å²) >= 11 is 5.08. The van der Waals surface area contributed by atoms with Gasteiger partial charge in [0, 0.05) is 4.88 Å². The van der Waals surface area contributed by atoms with Crippen LogP contribution in [0.15, 0.2) is 40.2 Å². The average molecular weight is 368 g/mol. The van der Waals surface area contributed by atoms with Crippen molar-refractivity contribution in [2.45, 2.75) is 32.9 Å². The second kappa shape index (κ2) is 7.09. The van der Waals surface area contributed by atoms with Gasteiger partial charge in [-0.2, -0.15) is 0 Å². The molecule has 0 saturated heterocycles. The molecule has 2 rings (SSSR count). The van der Waals surface area contributed by atoms with Crippen LogP contribution in [0.3, 0.4) is 0 Å². The van der Waals surface area contributed by atoms with Crippen LogP contribution in [0.5, 0.6) is 5.75 Å². The lowest BCUT2D eigenvalue weighted by Crippen LogP contribution is -2.37. The molecule has 5 heteroatoms. The number of nitrogens with one attached hydrogen (secondary N) is 1. The van der Waals surface area contributed by atoms with E-state index in [2.05, 4.69) is 21.2 Å².